The molecule has 172 valence electrons. The lowest BCUT2D eigenvalue weighted by atomic mass is 10.1. The van der Waals surface area contributed by atoms with Gasteiger partial charge in [0.2, 0.25) is 0 Å². The lowest BCUT2D eigenvalue weighted by Crippen LogP contribution is -2.41. The summed E-state index contributed by atoms with van der Waals surface area (Å²) < 4.78 is 47.1. The topological polar surface area (TPSA) is 107 Å². The average Bonchev–Trinajstić information content (AvgIpc) is 2.75. The number of benzene rings is 1. The fourth-order valence-electron chi connectivity index (χ4n) is 3.12. The lowest BCUT2D eigenvalue weighted by molar-refractivity contribution is -0.385. The Morgan fingerprint density at radius 3 is 2.78 bits per heavy atom. The zero-order valence-electron chi connectivity index (χ0n) is 17.1. The summed E-state index contributed by atoms with van der Waals surface area (Å²) in [5.74, 6) is -0.357. The van der Waals surface area contributed by atoms with Crippen molar-refractivity contribution in [1.29, 1.82) is 0 Å². The summed E-state index contributed by atoms with van der Waals surface area (Å²) in [6.07, 6.45) is -2.91. The molecular weight excluding hydrogens is 433 g/mol. The van der Waals surface area contributed by atoms with Crippen LogP contribution in [0, 0.1) is 10.1 Å². The molecule has 1 fully saturated rings. The molecule has 1 aliphatic heterocycles. The number of hydrogen-bond acceptors (Lipinski definition) is 7. The highest BCUT2D eigenvalue weighted by molar-refractivity contribution is 5.98. The number of alkyl halides is 3. The maximum Gasteiger partial charge on any atom is 0.422 e. The number of nitro groups is 1. The first kappa shape index (κ1) is 23.3. The van der Waals surface area contributed by atoms with E-state index in [4.69, 9.17) is 4.74 Å². The predicted molar refractivity (Wildman–Crippen MR) is 108 cm³/mol. The minimum Gasteiger partial charge on any atom is -0.484 e. The molecule has 1 atom stereocenters. The molecule has 32 heavy (non-hydrogen) atoms. The van der Waals surface area contributed by atoms with Crippen LogP contribution in [0.2, 0.25) is 0 Å². The summed E-state index contributed by atoms with van der Waals surface area (Å²) in [5.41, 5.74) is -0.297. The van der Waals surface area contributed by atoms with E-state index in [-0.39, 0.29) is 18.4 Å². The van der Waals surface area contributed by atoms with Crippen molar-refractivity contribution in [1.82, 2.24) is 10.3 Å². The summed E-state index contributed by atoms with van der Waals surface area (Å²) >= 11 is 0. The van der Waals surface area contributed by atoms with Crippen molar-refractivity contribution in [3.8, 4) is 5.75 Å². The third kappa shape index (κ3) is 6.30. The van der Waals surface area contributed by atoms with Gasteiger partial charge in [-0.2, -0.15) is 13.2 Å². The average molecular weight is 454 g/mol. The van der Waals surface area contributed by atoms with Gasteiger partial charge in [0.25, 0.3) is 11.6 Å². The Morgan fingerprint density at radius 1 is 1.38 bits per heavy atom. The molecule has 1 unspecified atom stereocenters. The first-order valence-electron chi connectivity index (χ1n) is 9.70. The molecule has 1 amide bonds. The summed E-state index contributed by atoms with van der Waals surface area (Å²) in [6, 6.07) is 6.42. The number of amides is 1. The molecular formula is C20H21F3N4O5. The largest absolute Gasteiger partial charge is 0.484 e. The van der Waals surface area contributed by atoms with E-state index in [0.717, 1.165) is 24.0 Å². The number of carbonyl (C=O) groups is 1. The minimum absolute atomic E-state index is 0.0242. The number of nitrogens with one attached hydrogen (secondary N) is 1. The molecule has 9 nitrogen and oxygen atoms in total. The van der Waals surface area contributed by atoms with Crippen molar-refractivity contribution in [3.63, 3.8) is 0 Å². The Bertz CT molecular complexity index is 969. The highest BCUT2D eigenvalue weighted by Gasteiger charge is 2.29. The van der Waals surface area contributed by atoms with Crippen LogP contribution in [-0.2, 0) is 11.3 Å². The van der Waals surface area contributed by atoms with Crippen LogP contribution in [0.4, 0.5) is 24.7 Å². The van der Waals surface area contributed by atoms with Crippen molar-refractivity contribution in [3.05, 3.63) is 57.8 Å². The molecule has 12 heteroatoms. The number of nitrogens with zero attached hydrogens (tertiary/aromatic N) is 3. The Balaban J connectivity index is 1.66. The number of nitro benzene ring substituents is 1. The quantitative estimate of drug-likeness (QED) is 0.506. The number of anilines is 1. The van der Waals surface area contributed by atoms with Crippen molar-refractivity contribution in [2.45, 2.75) is 25.7 Å². The van der Waals surface area contributed by atoms with E-state index in [1.54, 1.807) is 18.3 Å². The Labute approximate surface area is 181 Å². The highest BCUT2D eigenvalue weighted by atomic mass is 19.4. The number of morpholine rings is 1. The van der Waals surface area contributed by atoms with Gasteiger partial charge >= 0.3 is 6.18 Å². The van der Waals surface area contributed by atoms with E-state index in [0.29, 0.717) is 25.3 Å². The van der Waals surface area contributed by atoms with Gasteiger partial charge in [0.05, 0.1) is 17.6 Å². The second kappa shape index (κ2) is 9.81. The van der Waals surface area contributed by atoms with Gasteiger partial charge < -0.3 is 19.7 Å². The van der Waals surface area contributed by atoms with Crippen molar-refractivity contribution >= 4 is 17.4 Å². The number of aromatic nitrogens is 1. The smallest absolute Gasteiger partial charge is 0.422 e. The third-order valence-electron chi connectivity index (χ3n) is 4.64. The molecule has 1 aromatic heterocycles. The molecule has 0 saturated carbocycles. The third-order valence-corrected chi connectivity index (χ3v) is 4.64. The van der Waals surface area contributed by atoms with Gasteiger partial charge in [0, 0.05) is 31.9 Å². The standard InChI is InChI=1S/C20H21F3N4O5/c1-13-11-26(6-7-31-13)18-5-2-14(9-24-18)10-25-19(28)16-8-15(32-12-20(21,22)23)3-4-17(16)27(29)30/h2-5,8-9,13H,6-7,10-12H2,1H3,(H,25,28). The maximum atomic E-state index is 12.5. The number of ether oxygens (including phenoxy) is 2. The number of rotatable bonds is 7. The Kier molecular flexibility index (Phi) is 7.13. The van der Waals surface area contributed by atoms with Crippen LogP contribution in [0.15, 0.2) is 36.5 Å². The van der Waals surface area contributed by atoms with Gasteiger partial charge in [-0.3, -0.25) is 14.9 Å². The number of carbonyl (C=O) groups excluding carboxylic acids is 1. The maximum absolute atomic E-state index is 12.5. The van der Waals surface area contributed by atoms with Gasteiger partial charge in [-0.1, -0.05) is 6.07 Å². The fourth-order valence-corrected chi connectivity index (χ4v) is 3.12. The van der Waals surface area contributed by atoms with Crippen molar-refractivity contribution in [2.24, 2.45) is 0 Å². The molecule has 3 rings (SSSR count). The molecule has 2 aromatic rings. The molecule has 1 aliphatic rings. The second-order valence-corrected chi connectivity index (χ2v) is 7.17. The predicted octanol–water partition coefficient (Wildman–Crippen LogP) is 3.09. The lowest BCUT2D eigenvalue weighted by Gasteiger charge is -2.32. The van der Waals surface area contributed by atoms with Crippen LogP contribution in [0.5, 0.6) is 5.75 Å². The van der Waals surface area contributed by atoms with Crippen LogP contribution in [0.1, 0.15) is 22.8 Å². The Hall–Kier alpha value is -3.41. The summed E-state index contributed by atoms with van der Waals surface area (Å²) in [4.78, 5) is 29.4. The van der Waals surface area contributed by atoms with Gasteiger partial charge in [-0.15, -0.1) is 0 Å². The molecule has 0 radical (unpaired) electrons. The molecule has 0 aliphatic carbocycles. The number of halogens is 3. The summed E-state index contributed by atoms with van der Waals surface area (Å²) in [6.45, 7) is 2.44. The van der Waals surface area contributed by atoms with Crippen LogP contribution in [0.3, 0.4) is 0 Å². The van der Waals surface area contributed by atoms with Crippen molar-refractivity contribution < 1.29 is 32.4 Å². The van der Waals surface area contributed by atoms with E-state index in [1.807, 2.05) is 6.92 Å². The zero-order chi connectivity index (χ0) is 23.3. The first-order chi connectivity index (χ1) is 15.1. The van der Waals surface area contributed by atoms with Gasteiger partial charge in [0.15, 0.2) is 6.61 Å². The van der Waals surface area contributed by atoms with Crippen LogP contribution < -0.4 is 15.0 Å². The summed E-state index contributed by atoms with van der Waals surface area (Å²) in [5, 5.41) is 13.7. The van der Waals surface area contributed by atoms with Crippen molar-refractivity contribution in [2.75, 3.05) is 31.2 Å². The Morgan fingerprint density at radius 2 is 2.16 bits per heavy atom. The van der Waals surface area contributed by atoms with Gasteiger partial charge in [-0.05, 0) is 30.7 Å². The van der Waals surface area contributed by atoms with Crippen LogP contribution >= 0.6 is 0 Å². The molecule has 0 bridgehead atoms. The SMILES string of the molecule is CC1CN(c2ccc(CNC(=O)c3cc(OCC(F)(F)F)ccc3[N+](=O)[O-])cn2)CCO1. The summed E-state index contributed by atoms with van der Waals surface area (Å²) in [7, 11) is 0. The second-order valence-electron chi connectivity index (χ2n) is 7.17. The zero-order valence-corrected chi connectivity index (χ0v) is 17.1. The van der Waals surface area contributed by atoms with Gasteiger partial charge in [-0.25, -0.2) is 4.98 Å². The number of hydrogen-bond donors (Lipinski definition) is 1. The van der Waals surface area contributed by atoms with Crippen LogP contribution in [-0.4, -0.2) is 54.4 Å². The molecule has 1 aromatic carbocycles. The van der Waals surface area contributed by atoms with Crippen LogP contribution in [0.25, 0.3) is 0 Å². The highest BCUT2D eigenvalue weighted by Crippen LogP contribution is 2.26. The van der Waals surface area contributed by atoms with E-state index in [2.05, 4.69) is 19.9 Å². The minimum atomic E-state index is -4.58. The van der Waals surface area contributed by atoms with E-state index < -0.39 is 34.9 Å². The van der Waals surface area contributed by atoms with E-state index in [9.17, 15) is 28.1 Å². The van der Waals surface area contributed by atoms with E-state index in [1.165, 1.54) is 0 Å². The monoisotopic (exact) mass is 454 g/mol. The fraction of sp³-hybridized carbons (Fsp3) is 0.400. The van der Waals surface area contributed by atoms with Gasteiger partial charge in [0.1, 0.15) is 17.1 Å². The molecule has 0 spiro atoms. The normalized spacial score (nSPS) is 16.5. The molecule has 1 saturated heterocycles. The number of pyridine rings is 1. The van der Waals surface area contributed by atoms with E-state index >= 15 is 0 Å². The first-order valence-corrected chi connectivity index (χ1v) is 9.70. The molecule has 1 N–H and O–H groups in total. The molecule has 2 heterocycles.